The molecule has 9 rings (SSSR count). The van der Waals surface area contributed by atoms with Crippen LogP contribution in [0, 0.1) is 35.5 Å². The zero-order chi connectivity index (χ0) is 41.7. The van der Waals surface area contributed by atoms with Gasteiger partial charge in [-0.05, 0) is 97.6 Å². The summed E-state index contributed by atoms with van der Waals surface area (Å²) in [5, 5.41) is 14.6. The molecule has 0 spiro atoms. The quantitative estimate of drug-likeness (QED) is 0.126. The number of hydrogen-bond acceptors (Lipinski definition) is 8. The third-order valence-electron chi connectivity index (χ3n) is 13.0. The number of H-pyrrole nitrogens is 2. The first-order valence-corrected chi connectivity index (χ1v) is 20.9. The maximum Gasteiger partial charge on any atom is 0.407 e. The number of nitrogens with one attached hydrogen (secondary N) is 4. The number of alkyl carbamates (subject to hydrolysis) is 1. The van der Waals surface area contributed by atoms with Crippen LogP contribution in [0.15, 0.2) is 60.9 Å². The third-order valence-corrected chi connectivity index (χ3v) is 13.0. The number of benzene rings is 2. The summed E-state index contributed by atoms with van der Waals surface area (Å²) in [5.41, 5.74) is 5.29. The van der Waals surface area contributed by atoms with E-state index >= 15 is 0 Å². The molecule has 0 unspecified atom stereocenters. The van der Waals surface area contributed by atoms with Crippen molar-refractivity contribution in [3.63, 3.8) is 0 Å². The normalized spacial score (nSPS) is 25.1. The topological polar surface area (TPSA) is 195 Å². The molecule has 2 saturated carbocycles. The fourth-order valence-electron chi connectivity index (χ4n) is 9.53. The molecule has 5 fully saturated rings. The number of carbonyl (C=O) groups excluding carboxylic acids is 3. The number of hydrogen-bond donors (Lipinski definition) is 5. The SMILES string of the molecule is COC(=O)N[C@H](C(=O)N1[C@@H]2C[C@H]2C[C@H]1c1ncc(-c2ccc(C#Cc3ccc(-c4cnc([C@@H]5C[C@H]6C[C@H]6N5C(=O)[C@@H](NC(=O)O)C(C)C)[nH]4)cc3)cc2)[nH]1)C1CCOCC1. The highest BCUT2D eigenvalue weighted by Crippen LogP contribution is 2.54. The Kier molecular flexibility index (Phi) is 10.6. The average Bonchev–Trinajstić information content (AvgIpc) is 3.84. The molecule has 2 aromatic heterocycles. The van der Waals surface area contributed by atoms with Crippen LogP contribution in [0.1, 0.15) is 87.2 Å². The van der Waals surface area contributed by atoms with E-state index < -0.39 is 24.3 Å². The second-order valence-electron chi connectivity index (χ2n) is 17.1. The van der Waals surface area contributed by atoms with E-state index in [0.29, 0.717) is 43.7 Å². The molecular weight excluding hydrogens is 765 g/mol. The van der Waals surface area contributed by atoms with Crippen LogP contribution >= 0.6 is 0 Å². The van der Waals surface area contributed by atoms with Gasteiger partial charge in [0.25, 0.3) is 0 Å². The predicted octanol–water partition coefficient (Wildman–Crippen LogP) is 5.63. The van der Waals surface area contributed by atoms with Gasteiger partial charge in [-0.2, -0.15) is 0 Å². The van der Waals surface area contributed by atoms with E-state index in [1.807, 2.05) is 78.4 Å². The summed E-state index contributed by atoms with van der Waals surface area (Å²) < 4.78 is 10.4. The first-order chi connectivity index (χ1) is 29.1. The lowest BCUT2D eigenvalue weighted by atomic mass is 9.90. The Morgan fingerprint density at radius 2 is 1.27 bits per heavy atom. The molecule has 3 aliphatic heterocycles. The lowest BCUT2D eigenvalue weighted by Gasteiger charge is -2.35. The van der Waals surface area contributed by atoms with Gasteiger partial charge in [-0.25, -0.2) is 19.6 Å². The van der Waals surface area contributed by atoms with Gasteiger partial charge in [0.05, 0.1) is 43.0 Å². The monoisotopic (exact) mass is 814 g/mol. The van der Waals surface area contributed by atoms with Crippen LogP contribution in [-0.2, 0) is 19.1 Å². The highest BCUT2D eigenvalue weighted by atomic mass is 16.5. The highest BCUT2D eigenvalue weighted by Gasteiger charge is 2.57. The number of amides is 4. The molecule has 5 N–H and O–H groups in total. The zero-order valence-corrected chi connectivity index (χ0v) is 33.9. The van der Waals surface area contributed by atoms with Crippen molar-refractivity contribution >= 4 is 24.0 Å². The van der Waals surface area contributed by atoms with E-state index in [2.05, 4.69) is 37.4 Å². The van der Waals surface area contributed by atoms with Crippen LogP contribution in [0.2, 0.25) is 0 Å². The van der Waals surface area contributed by atoms with Crippen LogP contribution in [0.25, 0.3) is 22.5 Å². The summed E-state index contributed by atoms with van der Waals surface area (Å²) in [5.74, 6) is 8.32. The maximum atomic E-state index is 14.1. The van der Waals surface area contributed by atoms with Gasteiger partial charge in [-0.3, -0.25) is 9.59 Å². The minimum absolute atomic E-state index is 0.0243. The standard InChI is InChI=1S/C45H50N8O7/c1-24(2)38(50-44(56)57)42(54)52-34-18-30(34)20-36(52)40-46-22-32(48-40)27-10-6-25(7-11-27)4-5-26-8-12-28(13-9-26)33-23-47-41(49-33)37-21-31-19-35(31)53(37)43(55)39(51-45(58)59-3)29-14-16-60-17-15-29/h6-13,22-24,29-31,34-39,50H,14-21H2,1-3H3,(H,46,48)(H,47,49)(H,51,58)(H,56,57)/t30-,31+,34-,35-,36+,37+,38+,39+/m1/s1. The molecule has 2 aromatic carbocycles. The largest absolute Gasteiger partial charge is 0.465 e. The van der Waals surface area contributed by atoms with Gasteiger partial charge >= 0.3 is 12.2 Å². The van der Waals surface area contributed by atoms with E-state index in [-0.39, 0.29) is 47.8 Å². The van der Waals surface area contributed by atoms with Gasteiger partial charge in [0.1, 0.15) is 23.7 Å². The van der Waals surface area contributed by atoms with Crippen LogP contribution in [-0.4, -0.2) is 103 Å². The lowest BCUT2D eigenvalue weighted by Crippen LogP contribution is -2.54. The fraction of sp³-hybridized carbons (Fsp3) is 0.467. The van der Waals surface area contributed by atoms with Crippen molar-refractivity contribution in [1.82, 2.24) is 40.4 Å². The molecule has 60 heavy (non-hydrogen) atoms. The van der Waals surface area contributed by atoms with E-state index in [1.54, 1.807) is 6.20 Å². The molecule has 4 aromatic rings. The van der Waals surface area contributed by atoms with Gasteiger partial charge in [-0.1, -0.05) is 50.0 Å². The van der Waals surface area contributed by atoms with Gasteiger partial charge < -0.3 is 45.0 Å². The van der Waals surface area contributed by atoms with Crippen molar-refractivity contribution in [2.75, 3.05) is 20.3 Å². The molecule has 5 aliphatic rings. The Morgan fingerprint density at radius 1 is 0.767 bits per heavy atom. The van der Waals surface area contributed by atoms with Crippen molar-refractivity contribution in [1.29, 1.82) is 0 Å². The number of ether oxygens (including phenoxy) is 2. The second kappa shape index (κ2) is 16.1. The molecule has 312 valence electrons. The molecule has 2 aliphatic carbocycles. The molecular formula is C45H50N8O7. The Bertz CT molecular complexity index is 2320. The van der Waals surface area contributed by atoms with E-state index in [9.17, 15) is 24.3 Å². The number of carbonyl (C=O) groups is 4. The molecule has 5 heterocycles. The lowest BCUT2D eigenvalue weighted by molar-refractivity contribution is -0.138. The van der Waals surface area contributed by atoms with Crippen LogP contribution in [0.3, 0.4) is 0 Å². The Morgan fingerprint density at radius 3 is 1.73 bits per heavy atom. The molecule has 0 bridgehead atoms. The molecule has 8 atom stereocenters. The predicted molar refractivity (Wildman–Crippen MR) is 219 cm³/mol. The number of aromatic amines is 2. The minimum Gasteiger partial charge on any atom is -0.465 e. The zero-order valence-electron chi connectivity index (χ0n) is 33.9. The molecule has 15 nitrogen and oxygen atoms in total. The summed E-state index contributed by atoms with van der Waals surface area (Å²) in [6.45, 7) is 4.81. The highest BCUT2D eigenvalue weighted by molar-refractivity contribution is 5.88. The molecule has 4 amide bonds. The number of rotatable bonds is 10. The second-order valence-corrected chi connectivity index (χ2v) is 17.1. The van der Waals surface area contributed by atoms with E-state index in [4.69, 9.17) is 14.5 Å². The van der Waals surface area contributed by atoms with Crippen molar-refractivity contribution < 1.29 is 33.8 Å². The van der Waals surface area contributed by atoms with Crippen LogP contribution < -0.4 is 10.6 Å². The Balaban J connectivity index is 0.839. The van der Waals surface area contributed by atoms with Gasteiger partial charge in [0, 0.05) is 36.4 Å². The number of aromatic nitrogens is 4. The van der Waals surface area contributed by atoms with Crippen molar-refractivity contribution in [2.24, 2.45) is 23.7 Å². The van der Waals surface area contributed by atoms with Crippen molar-refractivity contribution in [3.8, 4) is 34.4 Å². The smallest absolute Gasteiger partial charge is 0.407 e. The van der Waals surface area contributed by atoms with Gasteiger partial charge in [0.2, 0.25) is 11.8 Å². The van der Waals surface area contributed by atoms with Gasteiger partial charge in [0.15, 0.2) is 0 Å². The van der Waals surface area contributed by atoms with E-state index in [1.165, 1.54) is 7.11 Å². The molecule has 0 radical (unpaired) electrons. The number of fused-ring (bicyclic) bond motifs is 2. The first-order valence-electron chi connectivity index (χ1n) is 20.9. The summed E-state index contributed by atoms with van der Waals surface area (Å²) in [7, 11) is 1.31. The molecule has 3 saturated heterocycles. The number of nitrogens with zero attached hydrogens (tertiary/aromatic N) is 4. The summed E-state index contributed by atoms with van der Waals surface area (Å²) in [6.07, 6.45) is 6.71. The Labute approximate surface area is 348 Å². The molecule has 15 heteroatoms. The van der Waals surface area contributed by atoms with Gasteiger partial charge in [-0.15, -0.1) is 0 Å². The van der Waals surface area contributed by atoms with Crippen molar-refractivity contribution in [3.05, 3.63) is 83.7 Å². The van der Waals surface area contributed by atoms with Crippen LogP contribution in [0.4, 0.5) is 9.59 Å². The van der Waals surface area contributed by atoms with Crippen molar-refractivity contribution in [2.45, 2.75) is 88.6 Å². The number of imidazole rings is 2. The average molecular weight is 815 g/mol. The maximum absolute atomic E-state index is 14.1. The fourth-order valence-corrected chi connectivity index (χ4v) is 9.53. The van der Waals surface area contributed by atoms with Crippen LogP contribution in [0.5, 0.6) is 0 Å². The minimum atomic E-state index is -1.20. The summed E-state index contributed by atoms with van der Waals surface area (Å²) in [6, 6.07) is 14.2. The first kappa shape index (κ1) is 39.3. The third kappa shape index (κ3) is 7.83. The summed E-state index contributed by atoms with van der Waals surface area (Å²) >= 11 is 0. The number of piperidine rings is 2. The Hall–Kier alpha value is -6.14. The number of likely N-dealkylation sites (tertiary alicyclic amines) is 2. The summed E-state index contributed by atoms with van der Waals surface area (Å²) in [4.78, 5) is 71.6. The number of methoxy groups -OCH3 is 1. The number of carboxylic acid groups (broad SMARTS) is 1. The van der Waals surface area contributed by atoms with E-state index in [0.717, 1.165) is 65.1 Å².